The third-order valence-corrected chi connectivity index (χ3v) is 4.35. The van der Waals surface area contributed by atoms with Crippen molar-refractivity contribution in [2.45, 2.75) is 46.3 Å². The van der Waals surface area contributed by atoms with Crippen molar-refractivity contribution < 1.29 is 9.84 Å². The summed E-state index contributed by atoms with van der Waals surface area (Å²) in [4.78, 5) is 0. The monoisotopic (exact) mass is 249 g/mol. The predicted octanol–water partition coefficient (Wildman–Crippen LogP) is 2.88. The average molecular weight is 249 g/mol. The summed E-state index contributed by atoms with van der Waals surface area (Å²) in [5.74, 6) is 0.942. The Morgan fingerprint density at radius 3 is 2.50 bits per heavy atom. The number of aliphatic hydroxyl groups is 1. The van der Waals surface area contributed by atoms with E-state index in [1.165, 1.54) is 0 Å². The smallest absolute Gasteiger partial charge is 0.126 e. The Kier molecular flexibility index (Phi) is 3.28. The van der Waals surface area contributed by atoms with Gasteiger partial charge in [-0.1, -0.05) is 19.9 Å². The van der Waals surface area contributed by atoms with Gasteiger partial charge in [-0.25, -0.2) is 0 Å². The summed E-state index contributed by atoms with van der Waals surface area (Å²) < 4.78 is 5.43. The Labute approximate surface area is 109 Å². The highest BCUT2D eigenvalue weighted by molar-refractivity contribution is 5.60. The van der Waals surface area contributed by atoms with Crippen LogP contribution in [0.25, 0.3) is 0 Å². The molecule has 1 saturated carbocycles. The van der Waals surface area contributed by atoms with Crippen LogP contribution in [0.15, 0.2) is 12.1 Å². The van der Waals surface area contributed by atoms with Gasteiger partial charge in [-0.2, -0.15) is 0 Å². The molecular weight excluding hydrogens is 226 g/mol. The molecule has 1 fully saturated rings. The summed E-state index contributed by atoms with van der Waals surface area (Å²) in [6.45, 7) is 8.31. The van der Waals surface area contributed by atoms with Crippen LogP contribution in [0.5, 0.6) is 5.75 Å². The number of hydrogen-bond acceptors (Lipinski definition) is 3. The number of benzene rings is 1. The fraction of sp³-hybridized carbons (Fsp3) is 0.600. The maximum absolute atomic E-state index is 9.77. The lowest BCUT2D eigenvalue weighted by atomic mass is 9.64. The lowest BCUT2D eigenvalue weighted by molar-refractivity contribution is -0.0510. The van der Waals surface area contributed by atoms with E-state index in [4.69, 9.17) is 4.74 Å². The fourth-order valence-corrected chi connectivity index (χ4v) is 2.63. The van der Waals surface area contributed by atoms with Gasteiger partial charge in [0.25, 0.3) is 0 Å². The molecule has 3 heteroatoms. The van der Waals surface area contributed by atoms with Crippen molar-refractivity contribution in [2.75, 3.05) is 12.4 Å². The molecule has 0 heterocycles. The van der Waals surface area contributed by atoms with Crippen molar-refractivity contribution in [3.05, 3.63) is 23.3 Å². The Morgan fingerprint density at radius 1 is 1.33 bits per heavy atom. The summed E-state index contributed by atoms with van der Waals surface area (Å²) in [6.07, 6.45) is 0.602. The Morgan fingerprint density at radius 2 is 2.00 bits per heavy atom. The molecule has 0 radical (unpaired) electrons. The zero-order chi connectivity index (χ0) is 13.5. The van der Waals surface area contributed by atoms with E-state index in [1.807, 2.05) is 6.92 Å². The van der Waals surface area contributed by atoms with Gasteiger partial charge in [0.2, 0.25) is 0 Å². The molecule has 100 valence electrons. The maximum Gasteiger partial charge on any atom is 0.126 e. The lowest BCUT2D eigenvalue weighted by Gasteiger charge is -2.50. The van der Waals surface area contributed by atoms with Gasteiger partial charge in [-0.3, -0.25) is 0 Å². The highest BCUT2D eigenvalue weighted by Gasteiger charge is 2.47. The molecule has 2 unspecified atom stereocenters. The van der Waals surface area contributed by atoms with Crippen LogP contribution in [0, 0.1) is 19.3 Å². The second-order valence-electron chi connectivity index (χ2n) is 5.86. The standard InChI is InChI=1S/C15H23NO2/c1-9-6-7-11(10(2)14(9)18-5)16-12-8-13(17)15(12,3)4/h6-7,12-13,16-17H,8H2,1-5H3. The molecule has 2 atom stereocenters. The molecule has 18 heavy (non-hydrogen) atoms. The largest absolute Gasteiger partial charge is 0.496 e. The minimum absolute atomic E-state index is 0.0649. The van der Waals surface area contributed by atoms with Gasteiger partial charge in [-0.15, -0.1) is 0 Å². The van der Waals surface area contributed by atoms with Crippen LogP contribution in [0.4, 0.5) is 5.69 Å². The first-order valence-electron chi connectivity index (χ1n) is 6.46. The minimum atomic E-state index is -0.206. The lowest BCUT2D eigenvalue weighted by Crippen LogP contribution is -2.56. The predicted molar refractivity (Wildman–Crippen MR) is 74.3 cm³/mol. The van der Waals surface area contributed by atoms with E-state index in [0.717, 1.165) is 29.0 Å². The molecule has 0 saturated heterocycles. The third kappa shape index (κ3) is 1.97. The van der Waals surface area contributed by atoms with Gasteiger partial charge in [0.1, 0.15) is 5.75 Å². The molecule has 0 amide bonds. The summed E-state index contributed by atoms with van der Waals surface area (Å²) in [5, 5.41) is 13.3. The normalized spacial score (nSPS) is 25.4. The van der Waals surface area contributed by atoms with E-state index >= 15 is 0 Å². The number of methoxy groups -OCH3 is 1. The molecule has 1 aromatic rings. The molecule has 1 aromatic carbocycles. The first-order chi connectivity index (χ1) is 8.37. The topological polar surface area (TPSA) is 41.5 Å². The van der Waals surface area contributed by atoms with Crippen LogP contribution in [-0.4, -0.2) is 24.4 Å². The molecule has 0 spiro atoms. The average Bonchev–Trinajstić information content (AvgIpc) is 2.32. The van der Waals surface area contributed by atoms with E-state index in [9.17, 15) is 5.11 Å². The zero-order valence-corrected chi connectivity index (χ0v) is 11.9. The number of anilines is 1. The van der Waals surface area contributed by atoms with E-state index < -0.39 is 0 Å². The maximum atomic E-state index is 9.77. The van der Waals surface area contributed by atoms with Crippen molar-refractivity contribution >= 4 is 5.69 Å². The van der Waals surface area contributed by atoms with Crippen molar-refractivity contribution in [1.29, 1.82) is 0 Å². The number of aryl methyl sites for hydroxylation is 1. The fourth-order valence-electron chi connectivity index (χ4n) is 2.63. The quantitative estimate of drug-likeness (QED) is 0.865. The molecular formula is C15H23NO2. The van der Waals surface area contributed by atoms with Gasteiger partial charge in [-0.05, 0) is 31.9 Å². The summed E-state index contributed by atoms with van der Waals surface area (Å²) in [7, 11) is 1.70. The van der Waals surface area contributed by atoms with Crippen LogP contribution < -0.4 is 10.1 Å². The summed E-state index contributed by atoms with van der Waals surface area (Å²) in [6, 6.07) is 4.48. The molecule has 1 aliphatic rings. The van der Waals surface area contributed by atoms with Gasteiger partial charge >= 0.3 is 0 Å². The highest BCUT2D eigenvalue weighted by atomic mass is 16.5. The number of hydrogen-bond donors (Lipinski definition) is 2. The molecule has 3 nitrogen and oxygen atoms in total. The van der Waals surface area contributed by atoms with Gasteiger partial charge in [0, 0.05) is 22.7 Å². The van der Waals surface area contributed by atoms with E-state index in [-0.39, 0.29) is 11.5 Å². The number of aliphatic hydroxyl groups excluding tert-OH is 1. The summed E-state index contributed by atoms with van der Waals surface area (Å²) >= 11 is 0. The van der Waals surface area contributed by atoms with E-state index in [0.29, 0.717) is 6.04 Å². The zero-order valence-electron chi connectivity index (χ0n) is 11.9. The molecule has 0 bridgehead atoms. The Balaban J connectivity index is 2.21. The molecule has 0 aromatic heterocycles. The van der Waals surface area contributed by atoms with Crippen LogP contribution >= 0.6 is 0 Å². The molecule has 2 N–H and O–H groups in total. The molecule has 0 aliphatic heterocycles. The number of ether oxygens (including phenoxy) is 1. The first-order valence-corrected chi connectivity index (χ1v) is 6.46. The highest BCUT2D eigenvalue weighted by Crippen LogP contribution is 2.43. The van der Waals surface area contributed by atoms with Gasteiger partial charge < -0.3 is 15.2 Å². The van der Waals surface area contributed by atoms with E-state index in [2.05, 4.69) is 38.2 Å². The molecule has 2 rings (SSSR count). The van der Waals surface area contributed by atoms with Crippen LogP contribution in [-0.2, 0) is 0 Å². The Hall–Kier alpha value is -1.22. The first kappa shape index (κ1) is 13.2. The second-order valence-corrected chi connectivity index (χ2v) is 5.86. The van der Waals surface area contributed by atoms with Crippen LogP contribution in [0.3, 0.4) is 0 Å². The third-order valence-electron chi connectivity index (χ3n) is 4.35. The van der Waals surface area contributed by atoms with Crippen LogP contribution in [0.1, 0.15) is 31.4 Å². The van der Waals surface area contributed by atoms with Gasteiger partial charge in [0.05, 0.1) is 13.2 Å². The Bertz CT molecular complexity index is 454. The number of nitrogens with one attached hydrogen (secondary N) is 1. The minimum Gasteiger partial charge on any atom is -0.496 e. The second kappa shape index (κ2) is 4.47. The van der Waals surface area contributed by atoms with Crippen molar-refractivity contribution in [3.63, 3.8) is 0 Å². The van der Waals surface area contributed by atoms with Crippen LogP contribution in [0.2, 0.25) is 0 Å². The molecule has 1 aliphatic carbocycles. The van der Waals surface area contributed by atoms with Crippen molar-refractivity contribution in [2.24, 2.45) is 5.41 Å². The van der Waals surface area contributed by atoms with Gasteiger partial charge in [0.15, 0.2) is 0 Å². The summed E-state index contributed by atoms with van der Waals surface area (Å²) in [5.41, 5.74) is 3.32. The van der Waals surface area contributed by atoms with E-state index in [1.54, 1.807) is 7.11 Å². The van der Waals surface area contributed by atoms with Crippen molar-refractivity contribution in [3.8, 4) is 5.75 Å². The SMILES string of the molecule is COc1c(C)ccc(NC2CC(O)C2(C)C)c1C. The number of rotatable bonds is 3. The van der Waals surface area contributed by atoms with Crippen molar-refractivity contribution in [1.82, 2.24) is 0 Å².